The van der Waals surface area contributed by atoms with Gasteiger partial charge in [-0.15, -0.1) is 0 Å². The van der Waals surface area contributed by atoms with Gasteiger partial charge < -0.3 is 14.4 Å². The van der Waals surface area contributed by atoms with Gasteiger partial charge in [-0.3, -0.25) is 4.79 Å². The Bertz CT molecular complexity index is 1150. The third-order valence-electron chi connectivity index (χ3n) is 5.22. The number of nitrogens with zero attached hydrogens (tertiary/aromatic N) is 6. The Balaban J connectivity index is 1.28. The van der Waals surface area contributed by atoms with Crippen molar-refractivity contribution in [3.63, 3.8) is 0 Å². The van der Waals surface area contributed by atoms with Gasteiger partial charge in [-0.25, -0.2) is 15.0 Å². The second-order valence-corrected chi connectivity index (χ2v) is 6.99. The summed E-state index contributed by atoms with van der Waals surface area (Å²) in [4.78, 5) is 30.3. The molecule has 0 unspecified atom stereocenters. The second-order valence-electron chi connectivity index (χ2n) is 6.99. The number of pyridine rings is 1. The highest BCUT2D eigenvalue weighted by Gasteiger charge is 2.24. The smallest absolute Gasteiger partial charge is 0.272 e. The van der Waals surface area contributed by atoms with E-state index >= 15 is 0 Å². The number of hydrogen-bond donors (Lipinski definition) is 0. The first-order chi connectivity index (χ1) is 14.3. The van der Waals surface area contributed by atoms with Crippen LogP contribution in [-0.4, -0.2) is 56.5 Å². The maximum absolute atomic E-state index is 12.9. The normalized spacial score (nSPS) is 14.3. The molecule has 1 fully saturated rings. The van der Waals surface area contributed by atoms with Crippen LogP contribution in [0.4, 0.5) is 5.82 Å². The molecule has 0 radical (unpaired) electrons. The van der Waals surface area contributed by atoms with Crippen molar-refractivity contribution in [1.29, 1.82) is 0 Å². The van der Waals surface area contributed by atoms with E-state index in [1.165, 1.54) is 0 Å². The van der Waals surface area contributed by atoms with Crippen LogP contribution in [0.25, 0.3) is 16.7 Å². The Morgan fingerprint density at radius 3 is 2.41 bits per heavy atom. The molecule has 7 nitrogen and oxygen atoms in total. The van der Waals surface area contributed by atoms with Gasteiger partial charge in [0.05, 0.1) is 5.52 Å². The molecule has 29 heavy (non-hydrogen) atoms. The molecule has 7 heteroatoms. The fourth-order valence-electron chi connectivity index (χ4n) is 3.62. The summed E-state index contributed by atoms with van der Waals surface area (Å²) < 4.78 is 1.95. The molecule has 4 aromatic rings. The number of benzene rings is 1. The van der Waals surface area contributed by atoms with E-state index in [4.69, 9.17) is 0 Å². The van der Waals surface area contributed by atoms with Crippen LogP contribution in [-0.2, 0) is 0 Å². The molecule has 0 N–H and O–H groups in total. The van der Waals surface area contributed by atoms with E-state index in [1.807, 2.05) is 76.5 Å². The largest absolute Gasteiger partial charge is 0.353 e. The predicted octanol–water partition coefficient (Wildman–Crippen LogP) is 2.78. The van der Waals surface area contributed by atoms with Crippen LogP contribution in [0.1, 0.15) is 10.5 Å². The van der Waals surface area contributed by atoms with E-state index < -0.39 is 0 Å². The minimum atomic E-state index is -0.0221. The molecular weight excluding hydrogens is 364 g/mol. The van der Waals surface area contributed by atoms with Crippen LogP contribution in [0.15, 0.2) is 73.3 Å². The summed E-state index contributed by atoms with van der Waals surface area (Å²) in [7, 11) is 0. The highest BCUT2D eigenvalue weighted by atomic mass is 16.2. The van der Waals surface area contributed by atoms with Crippen LogP contribution < -0.4 is 4.90 Å². The third kappa shape index (κ3) is 3.42. The predicted molar refractivity (Wildman–Crippen MR) is 111 cm³/mol. The van der Waals surface area contributed by atoms with Gasteiger partial charge in [0.1, 0.15) is 23.7 Å². The number of hydrogen-bond acceptors (Lipinski definition) is 5. The number of anilines is 1. The van der Waals surface area contributed by atoms with E-state index in [0.29, 0.717) is 18.8 Å². The number of amides is 1. The first-order valence-corrected chi connectivity index (χ1v) is 9.63. The van der Waals surface area contributed by atoms with Crippen molar-refractivity contribution in [3.05, 3.63) is 79.0 Å². The molecule has 1 amide bonds. The summed E-state index contributed by atoms with van der Waals surface area (Å²) in [5.74, 6) is 1.68. The van der Waals surface area contributed by atoms with Crippen LogP contribution in [0, 0.1) is 0 Å². The molecule has 5 rings (SSSR count). The summed E-state index contributed by atoms with van der Waals surface area (Å²) in [6.07, 6.45) is 5.50. The van der Waals surface area contributed by atoms with Crippen molar-refractivity contribution < 1.29 is 4.79 Å². The molecule has 1 aliphatic rings. The molecule has 144 valence electrons. The average molecular weight is 384 g/mol. The minimum Gasteiger partial charge on any atom is -0.353 e. The zero-order valence-corrected chi connectivity index (χ0v) is 15.8. The molecule has 1 aliphatic heterocycles. The summed E-state index contributed by atoms with van der Waals surface area (Å²) in [6.45, 7) is 2.72. The lowest BCUT2D eigenvalue weighted by Gasteiger charge is -2.35. The molecule has 1 saturated heterocycles. The minimum absolute atomic E-state index is 0.0221. The standard InChI is InChI=1S/C22H20N6O/c29-22(19-8-7-17-5-1-2-6-18(17)25-19)28-13-11-27(12-14-28)21-15-20(23-16-24-21)26-9-3-4-10-26/h1-10,15-16H,11-14H2. The van der Waals surface area contributed by atoms with Crippen molar-refractivity contribution in [1.82, 2.24) is 24.4 Å². The molecule has 0 spiro atoms. The number of rotatable bonds is 3. The number of carbonyl (C=O) groups excluding carboxylic acids is 1. The van der Waals surface area contributed by atoms with Gasteiger partial charge in [-0.1, -0.05) is 24.3 Å². The Morgan fingerprint density at radius 1 is 0.828 bits per heavy atom. The zero-order valence-electron chi connectivity index (χ0n) is 15.8. The van der Waals surface area contributed by atoms with E-state index in [0.717, 1.165) is 35.6 Å². The van der Waals surface area contributed by atoms with Crippen molar-refractivity contribution in [2.75, 3.05) is 31.1 Å². The fraction of sp³-hybridized carbons (Fsp3) is 0.182. The number of carbonyl (C=O) groups is 1. The summed E-state index contributed by atoms with van der Waals surface area (Å²) in [6, 6.07) is 17.5. The number of para-hydroxylation sites is 1. The SMILES string of the molecule is O=C(c1ccc2ccccc2n1)N1CCN(c2cc(-n3cccc3)ncn2)CC1. The Morgan fingerprint density at radius 2 is 1.59 bits per heavy atom. The second kappa shape index (κ2) is 7.35. The van der Waals surface area contributed by atoms with Gasteiger partial charge in [0, 0.05) is 50.0 Å². The highest BCUT2D eigenvalue weighted by molar-refractivity contribution is 5.95. The maximum Gasteiger partial charge on any atom is 0.272 e. The van der Waals surface area contributed by atoms with E-state index in [1.54, 1.807) is 6.33 Å². The molecule has 0 bridgehead atoms. The topological polar surface area (TPSA) is 67.2 Å². The van der Waals surface area contributed by atoms with Crippen LogP contribution in [0.5, 0.6) is 0 Å². The number of aromatic nitrogens is 4. The molecule has 4 heterocycles. The highest BCUT2D eigenvalue weighted by Crippen LogP contribution is 2.18. The van der Waals surface area contributed by atoms with Gasteiger partial charge in [-0.05, 0) is 24.3 Å². The molecule has 0 aliphatic carbocycles. The molecular formula is C22H20N6O. The quantitative estimate of drug-likeness (QED) is 0.543. The van der Waals surface area contributed by atoms with E-state index in [9.17, 15) is 4.79 Å². The van der Waals surface area contributed by atoms with Crippen molar-refractivity contribution in [3.8, 4) is 5.82 Å². The summed E-state index contributed by atoms with van der Waals surface area (Å²) >= 11 is 0. The van der Waals surface area contributed by atoms with E-state index in [2.05, 4.69) is 19.9 Å². The van der Waals surface area contributed by atoms with Gasteiger partial charge in [-0.2, -0.15) is 0 Å². The zero-order chi connectivity index (χ0) is 19.6. The summed E-state index contributed by atoms with van der Waals surface area (Å²) in [5, 5.41) is 1.04. The van der Waals surface area contributed by atoms with Gasteiger partial charge >= 0.3 is 0 Å². The lowest BCUT2D eigenvalue weighted by Crippen LogP contribution is -2.49. The molecule has 1 aromatic carbocycles. The van der Waals surface area contributed by atoms with E-state index in [-0.39, 0.29) is 5.91 Å². The molecule has 0 atom stereocenters. The Labute approximate surface area is 168 Å². The van der Waals surface area contributed by atoms with Crippen molar-refractivity contribution in [2.45, 2.75) is 0 Å². The van der Waals surface area contributed by atoms with Gasteiger partial charge in [0.2, 0.25) is 0 Å². The van der Waals surface area contributed by atoms with Gasteiger partial charge in [0.15, 0.2) is 0 Å². The number of piperazine rings is 1. The first-order valence-electron chi connectivity index (χ1n) is 9.63. The Kier molecular flexibility index (Phi) is 4.40. The Hall–Kier alpha value is -3.74. The lowest BCUT2D eigenvalue weighted by atomic mass is 10.2. The first kappa shape index (κ1) is 17.4. The maximum atomic E-state index is 12.9. The van der Waals surface area contributed by atoms with Crippen LogP contribution >= 0.6 is 0 Å². The lowest BCUT2D eigenvalue weighted by molar-refractivity contribution is 0.0741. The fourth-order valence-corrected chi connectivity index (χ4v) is 3.62. The van der Waals surface area contributed by atoms with Crippen LogP contribution in [0.2, 0.25) is 0 Å². The van der Waals surface area contributed by atoms with Crippen molar-refractivity contribution >= 4 is 22.6 Å². The summed E-state index contributed by atoms with van der Waals surface area (Å²) in [5.41, 5.74) is 1.34. The van der Waals surface area contributed by atoms with Crippen LogP contribution in [0.3, 0.4) is 0 Å². The van der Waals surface area contributed by atoms with Crippen molar-refractivity contribution in [2.24, 2.45) is 0 Å². The monoisotopic (exact) mass is 384 g/mol. The molecule has 3 aromatic heterocycles. The average Bonchev–Trinajstić information content (AvgIpc) is 3.34. The molecule has 0 saturated carbocycles. The van der Waals surface area contributed by atoms with Gasteiger partial charge in [0.25, 0.3) is 5.91 Å². The third-order valence-corrected chi connectivity index (χ3v) is 5.22. The number of fused-ring (bicyclic) bond motifs is 1.